The Morgan fingerprint density at radius 3 is 1.88 bits per heavy atom. The van der Waals surface area contributed by atoms with Crippen LogP contribution in [-0.2, 0) is 20.0 Å². The Kier molecular flexibility index (Phi) is 5.43. The number of sulfonamides is 2. The fourth-order valence-corrected chi connectivity index (χ4v) is 2.56. The molecule has 0 saturated heterocycles. The topological polar surface area (TPSA) is 120 Å². The number of benzene rings is 1. The maximum atomic E-state index is 11.0. The van der Waals surface area contributed by atoms with E-state index in [1.165, 1.54) is 0 Å². The second-order valence-electron chi connectivity index (χ2n) is 2.68. The van der Waals surface area contributed by atoms with E-state index in [9.17, 15) is 16.8 Å². The van der Waals surface area contributed by atoms with Crippen LogP contribution in [0.2, 0.25) is 5.02 Å². The minimum absolute atomic E-state index is 0. The molecule has 0 aliphatic rings. The monoisotopic (exact) mass is 294 g/mol. The van der Waals surface area contributed by atoms with Gasteiger partial charge in [-0.3, -0.25) is 0 Å². The summed E-state index contributed by atoms with van der Waals surface area (Å²) < 4.78 is 43.8. The van der Waals surface area contributed by atoms with Crippen molar-refractivity contribution in [2.24, 2.45) is 10.3 Å². The second-order valence-corrected chi connectivity index (χ2v) is 6.18. The van der Waals surface area contributed by atoms with Gasteiger partial charge in [-0.15, -0.1) is 0 Å². The van der Waals surface area contributed by atoms with Crippen molar-refractivity contribution < 1.29 is 16.8 Å². The zero-order valence-corrected chi connectivity index (χ0v) is 9.60. The molecule has 0 spiro atoms. The van der Waals surface area contributed by atoms with Crippen LogP contribution in [0.1, 0.15) is 0 Å². The molecule has 0 amide bonds. The summed E-state index contributed by atoms with van der Waals surface area (Å²) in [7, 11) is -8.05. The number of rotatable bonds is 2. The Labute approximate surface area is 120 Å². The Balaban J connectivity index is 0.00000225. The molecule has 0 saturated carbocycles. The van der Waals surface area contributed by atoms with Crippen molar-refractivity contribution in [2.45, 2.75) is 9.79 Å². The van der Waals surface area contributed by atoms with Gasteiger partial charge in [0.25, 0.3) is 0 Å². The van der Waals surface area contributed by atoms with Crippen LogP contribution in [0.15, 0.2) is 28.0 Å². The molecular formula is C6H8ClN2NaO4S2. The standard InChI is InChI=1S/C6H7ClN2O4S2.Na.H/c7-5-2-1-4(14(8,10)11)3-6(5)15(9,12)13;;/h1-3H,(H2,8,10,11)(H2,9,12,13);;. The molecule has 1 aromatic rings. The van der Waals surface area contributed by atoms with Crippen LogP contribution in [0.4, 0.5) is 0 Å². The molecule has 0 heterocycles. The first-order chi connectivity index (χ1) is 6.62. The van der Waals surface area contributed by atoms with Gasteiger partial charge < -0.3 is 0 Å². The van der Waals surface area contributed by atoms with Crippen molar-refractivity contribution in [1.82, 2.24) is 0 Å². The molecule has 0 aromatic heterocycles. The van der Waals surface area contributed by atoms with Crippen LogP contribution in [0.3, 0.4) is 0 Å². The quantitative estimate of drug-likeness (QED) is 0.679. The average molecular weight is 295 g/mol. The summed E-state index contributed by atoms with van der Waals surface area (Å²) in [6, 6.07) is 3.00. The summed E-state index contributed by atoms with van der Waals surface area (Å²) in [6.07, 6.45) is 0. The van der Waals surface area contributed by atoms with Crippen LogP contribution < -0.4 is 10.3 Å². The normalized spacial score (nSPS) is 11.9. The van der Waals surface area contributed by atoms with Gasteiger partial charge in [-0.2, -0.15) is 0 Å². The molecule has 0 bridgehead atoms. The molecule has 0 aliphatic carbocycles. The van der Waals surface area contributed by atoms with Crippen LogP contribution in [0, 0.1) is 0 Å². The van der Waals surface area contributed by atoms with Gasteiger partial charge in [0.2, 0.25) is 20.0 Å². The summed E-state index contributed by atoms with van der Waals surface area (Å²) in [5, 5.41) is 9.47. The zero-order valence-electron chi connectivity index (χ0n) is 7.21. The maximum absolute atomic E-state index is 11.0. The summed E-state index contributed by atoms with van der Waals surface area (Å²) >= 11 is 5.54. The Hall–Kier alpha value is 0.330. The molecule has 6 nitrogen and oxygen atoms in total. The summed E-state index contributed by atoms with van der Waals surface area (Å²) in [4.78, 5) is -0.841. The van der Waals surface area contributed by atoms with E-state index in [4.69, 9.17) is 21.9 Å². The average Bonchev–Trinajstić information content (AvgIpc) is 2.00. The molecule has 0 aliphatic heterocycles. The Morgan fingerprint density at radius 2 is 1.50 bits per heavy atom. The molecule has 4 N–H and O–H groups in total. The molecule has 0 fully saturated rings. The first-order valence-corrected chi connectivity index (χ1v) is 6.94. The van der Waals surface area contributed by atoms with Crippen molar-refractivity contribution in [2.75, 3.05) is 0 Å². The summed E-state index contributed by atoms with van der Waals surface area (Å²) in [5.74, 6) is 0. The number of halogens is 1. The molecule has 10 heteroatoms. The summed E-state index contributed by atoms with van der Waals surface area (Å²) in [6.45, 7) is 0. The molecule has 1 aromatic carbocycles. The number of primary sulfonamides is 2. The van der Waals surface area contributed by atoms with Crippen molar-refractivity contribution in [1.29, 1.82) is 0 Å². The first-order valence-electron chi connectivity index (χ1n) is 3.47. The fraction of sp³-hybridized carbons (Fsp3) is 0. The molecule has 16 heavy (non-hydrogen) atoms. The van der Waals surface area contributed by atoms with E-state index >= 15 is 0 Å². The molecule has 0 unspecified atom stereocenters. The third-order valence-corrected chi connectivity index (χ3v) is 3.84. The van der Waals surface area contributed by atoms with E-state index in [2.05, 4.69) is 0 Å². The van der Waals surface area contributed by atoms with E-state index in [1.54, 1.807) is 0 Å². The third-order valence-electron chi connectivity index (χ3n) is 1.54. The predicted octanol–water partition coefficient (Wildman–Crippen LogP) is -1.01. The van der Waals surface area contributed by atoms with Crippen molar-refractivity contribution in [3.8, 4) is 0 Å². The first kappa shape index (κ1) is 16.3. The van der Waals surface area contributed by atoms with Gasteiger partial charge >= 0.3 is 29.6 Å². The van der Waals surface area contributed by atoms with Crippen molar-refractivity contribution >= 4 is 61.2 Å². The Morgan fingerprint density at radius 1 is 1.00 bits per heavy atom. The molecular weight excluding hydrogens is 287 g/mol. The predicted molar refractivity (Wildman–Crippen MR) is 61.3 cm³/mol. The van der Waals surface area contributed by atoms with Gasteiger partial charge in [0.1, 0.15) is 4.90 Å². The van der Waals surface area contributed by atoms with Crippen molar-refractivity contribution in [3.05, 3.63) is 23.2 Å². The zero-order chi connectivity index (χ0) is 11.9. The third kappa shape index (κ3) is 3.97. The van der Waals surface area contributed by atoms with E-state index < -0.39 is 24.9 Å². The van der Waals surface area contributed by atoms with Crippen LogP contribution in [0.25, 0.3) is 0 Å². The van der Waals surface area contributed by atoms with Gasteiger partial charge in [-0.25, -0.2) is 27.1 Å². The van der Waals surface area contributed by atoms with Crippen LogP contribution in [0.5, 0.6) is 0 Å². The molecule has 0 radical (unpaired) electrons. The number of hydrogen-bond acceptors (Lipinski definition) is 4. The number of nitrogens with two attached hydrogens (primary N) is 2. The van der Waals surface area contributed by atoms with E-state index in [0.717, 1.165) is 18.2 Å². The van der Waals surface area contributed by atoms with Gasteiger partial charge in [0, 0.05) is 0 Å². The molecule has 0 atom stereocenters. The minimum atomic E-state index is -4.07. The van der Waals surface area contributed by atoms with Gasteiger partial charge in [0.05, 0.1) is 9.92 Å². The van der Waals surface area contributed by atoms with E-state index in [1.807, 2.05) is 0 Å². The van der Waals surface area contributed by atoms with Crippen molar-refractivity contribution in [3.63, 3.8) is 0 Å². The van der Waals surface area contributed by atoms with E-state index in [-0.39, 0.29) is 39.5 Å². The number of hydrogen-bond donors (Lipinski definition) is 2. The van der Waals surface area contributed by atoms with Crippen LogP contribution >= 0.6 is 11.6 Å². The Bertz CT molecular complexity index is 599. The van der Waals surface area contributed by atoms with Gasteiger partial charge in [-0.1, -0.05) is 11.6 Å². The second kappa shape index (κ2) is 5.32. The van der Waals surface area contributed by atoms with E-state index in [0.29, 0.717) is 0 Å². The van der Waals surface area contributed by atoms with Gasteiger partial charge in [-0.05, 0) is 18.2 Å². The summed E-state index contributed by atoms with van der Waals surface area (Å²) in [5.41, 5.74) is 0. The van der Waals surface area contributed by atoms with Gasteiger partial charge in [0.15, 0.2) is 0 Å². The fourth-order valence-electron chi connectivity index (χ4n) is 0.879. The molecule has 1 rings (SSSR count). The SMILES string of the molecule is NS(=O)(=O)c1ccc(Cl)c(S(N)(=O)=O)c1.[NaH]. The molecule has 86 valence electrons. The van der Waals surface area contributed by atoms with Crippen LogP contribution in [-0.4, -0.2) is 46.4 Å².